The normalized spacial score (nSPS) is 12.3. The number of nitrogens with zero attached hydrogens (tertiary/aromatic N) is 1. The third-order valence-electron chi connectivity index (χ3n) is 2.73. The lowest BCUT2D eigenvalue weighted by Gasteiger charge is -2.19. The molecule has 1 atom stereocenters. The first-order valence-corrected chi connectivity index (χ1v) is 7.94. The lowest BCUT2D eigenvalue weighted by molar-refractivity contribution is -0.139. The summed E-state index contributed by atoms with van der Waals surface area (Å²) in [5, 5.41) is 12.2. The molecule has 110 valence electrons. The summed E-state index contributed by atoms with van der Waals surface area (Å²) in [6.07, 6.45) is 7.32. The Labute approximate surface area is 120 Å². The zero-order chi connectivity index (χ0) is 14.5. The molecule has 0 aliphatic carbocycles. The van der Waals surface area contributed by atoms with Gasteiger partial charge < -0.3 is 10.4 Å². The van der Waals surface area contributed by atoms with Crippen molar-refractivity contribution in [1.82, 2.24) is 10.2 Å². The maximum Gasteiger partial charge on any atom is 0.320 e. The van der Waals surface area contributed by atoms with E-state index in [1.165, 1.54) is 0 Å². The van der Waals surface area contributed by atoms with Crippen molar-refractivity contribution >= 4 is 17.7 Å². The van der Waals surface area contributed by atoms with Gasteiger partial charge in [-0.25, -0.2) is 0 Å². The van der Waals surface area contributed by atoms with Crippen LogP contribution in [0.4, 0.5) is 0 Å². The summed E-state index contributed by atoms with van der Waals surface area (Å²) in [7, 11) is 0. The van der Waals surface area contributed by atoms with Crippen LogP contribution < -0.4 is 5.32 Å². The topological polar surface area (TPSA) is 52.6 Å². The van der Waals surface area contributed by atoms with E-state index in [0.29, 0.717) is 6.42 Å². The molecule has 0 aromatic rings. The maximum absolute atomic E-state index is 11.0. The standard InChI is InChI=1S/C14H26N2O2S/c1-4-9-16(10-5-2)11-6-8-15-13(14(17)18)7-12-19-3/h4-5,13,15H,1-2,6-12H2,3H3,(H,17,18)/t13-/m0/s1. The van der Waals surface area contributed by atoms with Crippen molar-refractivity contribution in [2.24, 2.45) is 0 Å². The average Bonchev–Trinajstić information content (AvgIpc) is 2.37. The molecule has 0 radical (unpaired) electrons. The molecule has 0 saturated carbocycles. The molecule has 5 heteroatoms. The minimum atomic E-state index is -0.761. The highest BCUT2D eigenvalue weighted by atomic mass is 32.2. The van der Waals surface area contributed by atoms with Gasteiger partial charge in [0.1, 0.15) is 6.04 Å². The molecule has 0 aliphatic rings. The molecule has 0 spiro atoms. The van der Waals surface area contributed by atoms with Crippen molar-refractivity contribution < 1.29 is 9.90 Å². The molecule has 0 rings (SSSR count). The fourth-order valence-electron chi connectivity index (χ4n) is 1.75. The highest BCUT2D eigenvalue weighted by Gasteiger charge is 2.15. The zero-order valence-corrected chi connectivity index (χ0v) is 12.6. The van der Waals surface area contributed by atoms with Gasteiger partial charge in [-0.3, -0.25) is 9.69 Å². The Morgan fingerprint density at radius 2 is 2.05 bits per heavy atom. The van der Waals surface area contributed by atoms with E-state index < -0.39 is 12.0 Å². The number of rotatable bonds is 13. The Kier molecular flexibility index (Phi) is 11.8. The van der Waals surface area contributed by atoms with E-state index in [-0.39, 0.29) is 0 Å². The molecule has 2 N–H and O–H groups in total. The van der Waals surface area contributed by atoms with Gasteiger partial charge in [-0.1, -0.05) is 12.2 Å². The smallest absolute Gasteiger partial charge is 0.320 e. The van der Waals surface area contributed by atoms with Crippen LogP contribution in [0.15, 0.2) is 25.3 Å². The van der Waals surface area contributed by atoms with Crippen LogP contribution >= 0.6 is 11.8 Å². The fourth-order valence-corrected chi connectivity index (χ4v) is 2.22. The van der Waals surface area contributed by atoms with Gasteiger partial charge in [-0.15, -0.1) is 13.2 Å². The van der Waals surface area contributed by atoms with Crippen LogP contribution in [0, 0.1) is 0 Å². The molecule has 0 heterocycles. The Morgan fingerprint density at radius 3 is 2.53 bits per heavy atom. The molecule has 19 heavy (non-hydrogen) atoms. The number of aliphatic carboxylic acids is 1. The Balaban J connectivity index is 3.87. The molecule has 0 saturated heterocycles. The van der Waals surface area contributed by atoms with Crippen LogP contribution in [0.3, 0.4) is 0 Å². The molecule has 0 fully saturated rings. The van der Waals surface area contributed by atoms with Crippen molar-refractivity contribution in [2.45, 2.75) is 18.9 Å². The van der Waals surface area contributed by atoms with Gasteiger partial charge in [0.2, 0.25) is 0 Å². The minimum Gasteiger partial charge on any atom is -0.480 e. The van der Waals surface area contributed by atoms with Crippen molar-refractivity contribution in [2.75, 3.05) is 38.2 Å². The van der Waals surface area contributed by atoms with Crippen LogP contribution in [0.5, 0.6) is 0 Å². The SMILES string of the molecule is C=CCN(CC=C)CCCN[C@@H](CCSC)C(=O)O. The molecular formula is C14H26N2O2S. The van der Waals surface area contributed by atoms with Crippen molar-refractivity contribution in [3.8, 4) is 0 Å². The fraction of sp³-hybridized carbons (Fsp3) is 0.643. The average molecular weight is 286 g/mol. The second-order valence-electron chi connectivity index (χ2n) is 4.32. The predicted molar refractivity (Wildman–Crippen MR) is 83.9 cm³/mol. The number of nitrogens with one attached hydrogen (secondary N) is 1. The van der Waals surface area contributed by atoms with Gasteiger partial charge in [0.05, 0.1) is 0 Å². The molecule has 0 aliphatic heterocycles. The Hall–Kier alpha value is -0.780. The van der Waals surface area contributed by atoms with Gasteiger partial charge >= 0.3 is 5.97 Å². The zero-order valence-electron chi connectivity index (χ0n) is 11.8. The summed E-state index contributed by atoms with van der Waals surface area (Å²) < 4.78 is 0. The quantitative estimate of drug-likeness (QED) is 0.400. The first-order valence-electron chi connectivity index (χ1n) is 6.55. The summed E-state index contributed by atoms with van der Waals surface area (Å²) >= 11 is 1.67. The van der Waals surface area contributed by atoms with Crippen molar-refractivity contribution in [3.63, 3.8) is 0 Å². The first-order chi connectivity index (χ1) is 9.15. The third kappa shape index (κ3) is 9.76. The highest BCUT2D eigenvalue weighted by molar-refractivity contribution is 7.98. The molecule has 0 unspecified atom stereocenters. The predicted octanol–water partition coefficient (Wildman–Crippen LogP) is 1.85. The van der Waals surface area contributed by atoms with Gasteiger partial charge in [-0.2, -0.15) is 11.8 Å². The van der Waals surface area contributed by atoms with E-state index in [9.17, 15) is 4.79 Å². The summed E-state index contributed by atoms with van der Waals surface area (Å²) in [6.45, 7) is 10.8. The van der Waals surface area contributed by atoms with E-state index in [2.05, 4.69) is 23.4 Å². The largest absolute Gasteiger partial charge is 0.480 e. The first kappa shape index (κ1) is 18.2. The summed E-state index contributed by atoms with van der Waals surface area (Å²) in [5.74, 6) is 0.103. The second-order valence-corrected chi connectivity index (χ2v) is 5.30. The molecule has 0 bridgehead atoms. The van der Waals surface area contributed by atoms with E-state index in [4.69, 9.17) is 5.11 Å². The Morgan fingerprint density at radius 1 is 1.42 bits per heavy atom. The van der Waals surface area contributed by atoms with Gasteiger partial charge in [0.15, 0.2) is 0 Å². The van der Waals surface area contributed by atoms with E-state index >= 15 is 0 Å². The number of carboxylic acids is 1. The molecule has 4 nitrogen and oxygen atoms in total. The molecule has 0 aromatic carbocycles. The second kappa shape index (κ2) is 12.3. The molecule has 0 aromatic heterocycles. The summed E-state index contributed by atoms with van der Waals surface area (Å²) in [6, 6.07) is -0.431. The summed E-state index contributed by atoms with van der Waals surface area (Å²) in [4.78, 5) is 13.3. The van der Waals surface area contributed by atoms with Crippen LogP contribution in [0.1, 0.15) is 12.8 Å². The molecule has 0 amide bonds. The van der Waals surface area contributed by atoms with Crippen molar-refractivity contribution in [1.29, 1.82) is 0 Å². The lowest BCUT2D eigenvalue weighted by Crippen LogP contribution is -2.38. The lowest BCUT2D eigenvalue weighted by atomic mass is 10.2. The Bertz CT molecular complexity index is 262. The maximum atomic E-state index is 11.0. The molecular weight excluding hydrogens is 260 g/mol. The van der Waals surface area contributed by atoms with Crippen LogP contribution in [-0.2, 0) is 4.79 Å². The van der Waals surface area contributed by atoms with Crippen molar-refractivity contribution in [3.05, 3.63) is 25.3 Å². The monoisotopic (exact) mass is 286 g/mol. The number of carboxylic acid groups (broad SMARTS) is 1. The highest BCUT2D eigenvalue weighted by Crippen LogP contribution is 2.01. The van der Waals surface area contributed by atoms with E-state index in [1.54, 1.807) is 11.8 Å². The van der Waals surface area contributed by atoms with E-state index in [0.717, 1.165) is 38.4 Å². The minimum absolute atomic E-state index is 0.431. The van der Waals surface area contributed by atoms with Crippen LogP contribution in [0.25, 0.3) is 0 Å². The van der Waals surface area contributed by atoms with E-state index in [1.807, 2.05) is 18.4 Å². The van der Waals surface area contributed by atoms with Gasteiger partial charge in [0.25, 0.3) is 0 Å². The number of hydrogen-bond acceptors (Lipinski definition) is 4. The summed E-state index contributed by atoms with van der Waals surface area (Å²) in [5.41, 5.74) is 0. The third-order valence-corrected chi connectivity index (χ3v) is 3.37. The number of thioether (sulfide) groups is 1. The van der Waals surface area contributed by atoms with Crippen LogP contribution in [-0.4, -0.2) is 60.2 Å². The van der Waals surface area contributed by atoms with Gasteiger partial charge in [-0.05, 0) is 37.9 Å². The number of carbonyl (C=O) groups is 1. The number of hydrogen-bond donors (Lipinski definition) is 2. The van der Waals surface area contributed by atoms with Crippen LogP contribution in [0.2, 0.25) is 0 Å². The van der Waals surface area contributed by atoms with Gasteiger partial charge in [0, 0.05) is 13.1 Å².